The Hall–Kier alpha value is -0.160. The quantitative estimate of drug-likeness (QED) is 0.708. The molecule has 2 heterocycles. The van der Waals surface area contributed by atoms with Crippen molar-refractivity contribution in [2.75, 3.05) is 33.1 Å². The van der Waals surface area contributed by atoms with Crippen LogP contribution in [0, 0.1) is 0 Å². The molecular weight excluding hydrogens is 182 g/mol. The normalized spacial score (nSPS) is 34.9. The molecule has 0 aromatic carbocycles. The first kappa shape index (κ1) is 10.4. The second-order valence-corrected chi connectivity index (χ2v) is 4.08. The van der Waals surface area contributed by atoms with Gasteiger partial charge in [0.25, 0.3) is 0 Å². The lowest BCUT2D eigenvalue weighted by atomic mass is 10.2. The number of aliphatic hydroxyl groups excluding tert-OH is 1. The third-order valence-electron chi connectivity index (χ3n) is 3.12. The minimum atomic E-state index is 0.281. The molecule has 0 spiro atoms. The van der Waals surface area contributed by atoms with E-state index in [1.807, 2.05) is 0 Å². The Morgan fingerprint density at radius 1 is 1.36 bits per heavy atom. The maximum absolute atomic E-state index is 9.16. The lowest BCUT2D eigenvalue weighted by Gasteiger charge is -2.30. The molecule has 0 aromatic rings. The van der Waals surface area contributed by atoms with Gasteiger partial charge in [0.05, 0.1) is 19.3 Å². The molecule has 2 rings (SSSR count). The molecule has 0 aromatic heterocycles. The van der Waals surface area contributed by atoms with Crippen LogP contribution in [0.25, 0.3) is 0 Å². The van der Waals surface area contributed by atoms with Crippen LogP contribution in [0.15, 0.2) is 0 Å². The van der Waals surface area contributed by atoms with E-state index in [1.165, 1.54) is 6.42 Å². The van der Waals surface area contributed by atoms with E-state index < -0.39 is 0 Å². The summed E-state index contributed by atoms with van der Waals surface area (Å²) in [6, 6.07) is 0.362. The van der Waals surface area contributed by atoms with Crippen LogP contribution in [0.3, 0.4) is 0 Å². The van der Waals surface area contributed by atoms with E-state index in [-0.39, 0.29) is 6.61 Å². The molecule has 2 fully saturated rings. The second-order valence-electron chi connectivity index (χ2n) is 4.08. The van der Waals surface area contributed by atoms with Gasteiger partial charge in [0, 0.05) is 12.6 Å². The zero-order chi connectivity index (χ0) is 9.80. The Morgan fingerprint density at radius 3 is 3.00 bits per heavy atom. The maximum atomic E-state index is 9.16. The Bertz CT molecular complexity index is 171. The van der Waals surface area contributed by atoms with Crippen molar-refractivity contribution in [3.63, 3.8) is 0 Å². The van der Waals surface area contributed by atoms with Crippen molar-refractivity contribution >= 4 is 0 Å². The molecule has 82 valence electrons. The predicted octanol–water partition coefficient (Wildman–Crippen LogP) is 0.206. The largest absolute Gasteiger partial charge is 0.395 e. The summed E-state index contributed by atoms with van der Waals surface area (Å²) in [6.07, 6.45) is 3.61. The van der Waals surface area contributed by atoms with Crippen LogP contribution in [-0.4, -0.2) is 55.2 Å². The number of aliphatic hydroxyl groups is 1. The highest BCUT2D eigenvalue weighted by Gasteiger charge is 2.27. The minimum absolute atomic E-state index is 0.281. The summed E-state index contributed by atoms with van der Waals surface area (Å²) >= 11 is 0. The Balaban J connectivity index is 1.77. The van der Waals surface area contributed by atoms with Gasteiger partial charge in [-0.05, 0) is 25.8 Å². The molecule has 4 nitrogen and oxygen atoms in total. The van der Waals surface area contributed by atoms with Crippen molar-refractivity contribution in [3.05, 3.63) is 0 Å². The monoisotopic (exact) mass is 201 g/mol. The van der Waals surface area contributed by atoms with Gasteiger partial charge in [0.15, 0.2) is 0 Å². The van der Waals surface area contributed by atoms with E-state index in [1.54, 1.807) is 0 Å². The molecule has 2 saturated heterocycles. The molecule has 0 radical (unpaired) electrons. The van der Waals surface area contributed by atoms with Crippen LogP contribution in [0.4, 0.5) is 0 Å². The van der Waals surface area contributed by atoms with Crippen molar-refractivity contribution in [2.45, 2.75) is 31.4 Å². The summed E-state index contributed by atoms with van der Waals surface area (Å²) < 4.78 is 10.6. The summed E-state index contributed by atoms with van der Waals surface area (Å²) in [5.74, 6) is 0. The predicted molar refractivity (Wildman–Crippen MR) is 52.0 cm³/mol. The lowest BCUT2D eigenvalue weighted by molar-refractivity contribution is -0.145. The lowest BCUT2D eigenvalue weighted by Crippen LogP contribution is -2.41. The van der Waals surface area contributed by atoms with E-state index in [0.717, 1.165) is 32.5 Å². The van der Waals surface area contributed by atoms with Crippen molar-refractivity contribution in [1.82, 2.24) is 4.90 Å². The van der Waals surface area contributed by atoms with E-state index in [9.17, 15) is 0 Å². The average molecular weight is 201 g/mol. The van der Waals surface area contributed by atoms with Crippen molar-refractivity contribution in [3.8, 4) is 0 Å². The van der Waals surface area contributed by atoms with E-state index in [0.29, 0.717) is 18.9 Å². The third kappa shape index (κ3) is 2.45. The first-order valence-electron chi connectivity index (χ1n) is 5.44. The molecule has 2 aliphatic heterocycles. The zero-order valence-corrected chi connectivity index (χ0v) is 8.52. The summed E-state index contributed by atoms with van der Waals surface area (Å²) in [7, 11) is 0. The molecule has 0 bridgehead atoms. The molecule has 2 atom stereocenters. The Labute approximate surface area is 84.8 Å². The molecule has 2 aliphatic rings. The van der Waals surface area contributed by atoms with Crippen LogP contribution in [0.2, 0.25) is 0 Å². The number of likely N-dealkylation sites (tertiary alicyclic amines) is 1. The van der Waals surface area contributed by atoms with Crippen LogP contribution in [-0.2, 0) is 9.47 Å². The Kier molecular flexibility index (Phi) is 3.75. The fourth-order valence-electron chi connectivity index (χ4n) is 2.25. The van der Waals surface area contributed by atoms with Gasteiger partial charge in [0.2, 0.25) is 0 Å². The van der Waals surface area contributed by atoms with Crippen molar-refractivity contribution in [2.24, 2.45) is 0 Å². The maximum Gasteiger partial charge on any atom is 0.147 e. The second kappa shape index (κ2) is 5.07. The molecule has 0 saturated carbocycles. The fraction of sp³-hybridized carbons (Fsp3) is 1.00. The number of ether oxygens (including phenoxy) is 2. The number of nitrogens with zero attached hydrogens (tertiary/aromatic N) is 1. The highest BCUT2D eigenvalue weighted by atomic mass is 16.7. The van der Waals surface area contributed by atoms with Crippen molar-refractivity contribution in [1.29, 1.82) is 0 Å². The molecular formula is C10H19NO3. The van der Waals surface area contributed by atoms with E-state index in [4.69, 9.17) is 14.6 Å². The molecule has 1 N–H and O–H groups in total. The first-order chi connectivity index (χ1) is 6.90. The standard InChI is InChI=1S/C10H19NO3/c12-7-9-2-1-4-11(9)6-10-3-5-13-8-14-10/h9-10,12H,1-8H2. The number of hydrogen-bond acceptors (Lipinski definition) is 4. The number of hydrogen-bond donors (Lipinski definition) is 1. The molecule has 4 heteroatoms. The summed E-state index contributed by atoms with van der Waals surface area (Å²) in [6.45, 7) is 3.58. The molecule has 0 amide bonds. The highest BCUT2D eigenvalue weighted by Crippen LogP contribution is 2.19. The van der Waals surface area contributed by atoms with Gasteiger partial charge < -0.3 is 14.6 Å². The van der Waals surface area contributed by atoms with Gasteiger partial charge >= 0.3 is 0 Å². The topological polar surface area (TPSA) is 41.9 Å². The van der Waals surface area contributed by atoms with Crippen LogP contribution in [0.5, 0.6) is 0 Å². The zero-order valence-electron chi connectivity index (χ0n) is 8.52. The van der Waals surface area contributed by atoms with Crippen molar-refractivity contribution < 1.29 is 14.6 Å². The summed E-state index contributed by atoms with van der Waals surface area (Å²) in [4.78, 5) is 2.34. The van der Waals surface area contributed by atoms with Gasteiger partial charge in [-0.25, -0.2) is 0 Å². The van der Waals surface area contributed by atoms with Gasteiger partial charge in [-0.15, -0.1) is 0 Å². The van der Waals surface area contributed by atoms with Crippen LogP contribution >= 0.6 is 0 Å². The highest BCUT2D eigenvalue weighted by molar-refractivity contribution is 4.80. The summed E-state index contributed by atoms with van der Waals surface area (Å²) in [5.41, 5.74) is 0. The van der Waals surface area contributed by atoms with Gasteiger partial charge in [-0.3, -0.25) is 4.90 Å². The Morgan fingerprint density at radius 2 is 2.29 bits per heavy atom. The number of rotatable bonds is 3. The SMILES string of the molecule is OCC1CCCN1CC1CCOCO1. The molecule has 2 unspecified atom stereocenters. The first-order valence-corrected chi connectivity index (χ1v) is 5.44. The minimum Gasteiger partial charge on any atom is -0.395 e. The smallest absolute Gasteiger partial charge is 0.147 e. The average Bonchev–Trinajstić information content (AvgIpc) is 2.67. The molecule has 0 aliphatic carbocycles. The third-order valence-corrected chi connectivity index (χ3v) is 3.12. The van der Waals surface area contributed by atoms with Gasteiger partial charge in [0.1, 0.15) is 6.79 Å². The van der Waals surface area contributed by atoms with Gasteiger partial charge in [-0.2, -0.15) is 0 Å². The van der Waals surface area contributed by atoms with E-state index >= 15 is 0 Å². The summed E-state index contributed by atoms with van der Waals surface area (Å²) in [5, 5.41) is 9.16. The van der Waals surface area contributed by atoms with E-state index in [2.05, 4.69) is 4.90 Å². The van der Waals surface area contributed by atoms with Crippen LogP contribution < -0.4 is 0 Å². The van der Waals surface area contributed by atoms with Gasteiger partial charge in [-0.1, -0.05) is 0 Å². The fourth-order valence-corrected chi connectivity index (χ4v) is 2.25. The van der Waals surface area contributed by atoms with Crippen LogP contribution in [0.1, 0.15) is 19.3 Å². The molecule has 14 heavy (non-hydrogen) atoms.